The van der Waals surface area contributed by atoms with Crippen molar-refractivity contribution in [1.29, 1.82) is 0 Å². The summed E-state index contributed by atoms with van der Waals surface area (Å²) in [6.45, 7) is 10.4. The SMILES string of the molecule is CCC(C)(COC(=O)C1CC2CC1C1C3C=CC(C3)C21)C12CCC(CC1)C2(C)C. The highest BCUT2D eigenvalue weighted by Crippen LogP contribution is 2.73. The van der Waals surface area contributed by atoms with E-state index in [1.165, 1.54) is 38.5 Å². The Morgan fingerprint density at radius 3 is 2.38 bits per heavy atom. The fraction of sp³-hybridized carbons (Fsp3) is 0.889. The molecule has 5 fully saturated rings. The number of esters is 1. The number of hydrogen-bond acceptors (Lipinski definition) is 2. The molecule has 6 rings (SSSR count). The Morgan fingerprint density at radius 1 is 1.07 bits per heavy atom. The van der Waals surface area contributed by atoms with Gasteiger partial charge in [0.15, 0.2) is 0 Å². The van der Waals surface area contributed by atoms with Crippen molar-refractivity contribution >= 4 is 5.97 Å². The third kappa shape index (κ3) is 2.17. The summed E-state index contributed by atoms with van der Waals surface area (Å²) in [5.74, 6) is 5.92. The van der Waals surface area contributed by atoms with Gasteiger partial charge in [-0.15, -0.1) is 0 Å². The molecule has 0 N–H and O–H groups in total. The first-order chi connectivity index (χ1) is 13.8. The Balaban J connectivity index is 1.17. The smallest absolute Gasteiger partial charge is 0.309 e. The van der Waals surface area contributed by atoms with Crippen LogP contribution in [0.1, 0.15) is 79.1 Å². The molecule has 160 valence electrons. The van der Waals surface area contributed by atoms with Crippen molar-refractivity contribution in [3.05, 3.63) is 12.2 Å². The molecule has 5 saturated carbocycles. The second-order valence-electron chi connectivity index (χ2n) is 12.7. The Labute approximate surface area is 177 Å². The molecule has 0 amide bonds. The maximum absolute atomic E-state index is 13.3. The number of rotatable bonds is 5. The number of carbonyl (C=O) groups is 1. The summed E-state index contributed by atoms with van der Waals surface area (Å²) in [5, 5.41) is 0. The van der Waals surface area contributed by atoms with Gasteiger partial charge in [0.05, 0.1) is 12.5 Å². The van der Waals surface area contributed by atoms with Gasteiger partial charge in [-0.1, -0.05) is 39.8 Å². The number of ether oxygens (including phenoxy) is 1. The molecule has 6 bridgehead atoms. The lowest BCUT2D eigenvalue weighted by Gasteiger charge is -2.52. The first kappa shape index (κ1) is 18.9. The summed E-state index contributed by atoms with van der Waals surface area (Å²) in [6.07, 6.45) is 15.3. The lowest BCUT2D eigenvalue weighted by Crippen LogP contribution is -2.48. The molecule has 0 heterocycles. The van der Waals surface area contributed by atoms with Crippen LogP contribution in [0.4, 0.5) is 0 Å². The summed E-state index contributed by atoms with van der Waals surface area (Å²) < 4.78 is 6.26. The van der Waals surface area contributed by atoms with Gasteiger partial charge in [0.1, 0.15) is 0 Å². The van der Waals surface area contributed by atoms with Gasteiger partial charge in [0, 0.05) is 5.41 Å². The lowest BCUT2D eigenvalue weighted by molar-refractivity contribution is -0.162. The van der Waals surface area contributed by atoms with Crippen molar-refractivity contribution < 1.29 is 9.53 Å². The van der Waals surface area contributed by atoms with Crippen LogP contribution in [0.5, 0.6) is 0 Å². The number of carbonyl (C=O) groups excluding carboxylic acids is 1. The molecule has 0 saturated heterocycles. The van der Waals surface area contributed by atoms with Crippen molar-refractivity contribution in [2.75, 3.05) is 6.61 Å². The van der Waals surface area contributed by atoms with Crippen molar-refractivity contribution in [1.82, 2.24) is 0 Å². The molecule has 8 unspecified atom stereocenters. The van der Waals surface area contributed by atoms with Crippen LogP contribution in [0.15, 0.2) is 12.2 Å². The van der Waals surface area contributed by atoms with Gasteiger partial charge in [-0.05, 0) is 104 Å². The van der Waals surface area contributed by atoms with Crippen LogP contribution in [0.3, 0.4) is 0 Å². The molecule has 6 aliphatic carbocycles. The minimum absolute atomic E-state index is 0.118. The summed E-state index contributed by atoms with van der Waals surface area (Å²) in [5.41, 5.74) is 0.862. The third-order valence-electron chi connectivity index (χ3n) is 12.1. The topological polar surface area (TPSA) is 26.3 Å². The Morgan fingerprint density at radius 2 is 1.76 bits per heavy atom. The zero-order chi connectivity index (χ0) is 20.2. The van der Waals surface area contributed by atoms with Gasteiger partial charge < -0.3 is 4.74 Å². The number of allylic oxidation sites excluding steroid dienone is 2. The molecule has 2 heteroatoms. The highest BCUT2D eigenvalue weighted by atomic mass is 16.5. The largest absolute Gasteiger partial charge is 0.465 e. The molecule has 29 heavy (non-hydrogen) atoms. The van der Waals surface area contributed by atoms with Crippen molar-refractivity contribution in [2.45, 2.75) is 79.1 Å². The van der Waals surface area contributed by atoms with E-state index in [1.54, 1.807) is 0 Å². The Kier molecular flexibility index (Phi) is 3.86. The standard InChI is InChI=1S/C27H40O2/c1-5-26(4,27-10-8-19(9-11-27)25(27,2)3)15-29-24(28)21-14-18-13-20(21)23-17-7-6-16(12-17)22(18)23/h6-7,16-23H,5,8-15H2,1-4H3. The molecule has 0 aromatic heterocycles. The molecule has 0 aliphatic heterocycles. The van der Waals surface area contributed by atoms with Crippen LogP contribution in [0.25, 0.3) is 0 Å². The minimum atomic E-state index is 0.118. The van der Waals surface area contributed by atoms with Crippen LogP contribution in [0, 0.1) is 63.6 Å². The van der Waals surface area contributed by atoms with Gasteiger partial charge in [0.2, 0.25) is 0 Å². The summed E-state index contributed by atoms with van der Waals surface area (Å²) in [7, 11) is 0. The van der Waals surface area contributed by atoms with Gasteiger partial charge in [0.25, 0.3) is 0 Å². The van der Waals surface area contributed by atoms with Crippen LogP contribution in [-0.2, 0) is 9.53 Å². The third-order valence-corrected chi connectivity index (χ3v) is 12.1. The van der Waals surface area contributed by atoms with Gasteiger partial charge in [-0.25, -0.2) is 0 Å². The maximum atomic E-state index is 13.3. The van der Waals surface area contributed by atoms with Crippen LogP contribution in [0.2, 0.25) is 0 Å². The van der Waals surface area contributed by atoms with Crippen LogP contribution in [-0.4, -0.2) is 12.6 Å². The average Bonchev–Trinajstić information content (AvgIpc) is 3.54. The first-order valence-corrected chi connectivity index (χ1v) is 12.7. The fourth-order valence-corrected chi connectivity index (χ4v) is 10.5. The van der Waals surface area contributed by atoms with Gasteiger partial charge in [-0.2, -0.15) is 0 Å². The average molecular weight is 397 g/mol. The normalized spacial score (nSPS) is 52.1. The molecular formula is C27H40O2. The van der Waals surface area contributed by atoms with Crippen molar-refractivity contribution in [3.63, 3.8) is 0 Å². The molecule has 2 nitrogen and oxygen atoms in total. The molecule has 6 aliphatic rings. The summed E-state index contributed by atoms with van der Waals surface area (Å²) in [4.78, 5) is 13.3. The number of fused-ring (bicyclic) bond motifs is 11. The van der Waals surface area contributed by atoms with E-state index in [1.807, 2.05) is 0 Å². The van der Waals surface area contributed by atoms with Crippen LogP contribution >= 0.6 is 0 Å². The van der Waals surface area contributed by atoms with Crippen LogP contribution < -0.4 is 0 Å². The molecule has 8 atom stereocenters. The molecule has 0 spiro atoms. The zero-order valence-electron chi connectivity index (χ0n) is 19.0. The second-order valence-corrected chi connectivity index (χ2v) is 12.7. The van der Waals surface area contributed by atoms with E-state index in [0.29, 0.717) is 23.4 Å². The molecule has 0 radical (unpaired) electrons. The van der Waals surface area contributed by atoms with Crippen molar-refractivity contribution in [2.24, 2.45) is 63.6 Å². The highest BCUT2D eigenvalue weighted by molar-refractivity contribution is 5.73. The lowest BCUT2D eigenvalue weighted by atomic mass is 9.54. The van der Waals surface area contributed by atoms with E-state index in [4.69, 9.17) is 4.74 Å². The van der Waals surface area contributed by atoms with E-state index in [9.17, 15) is 4.79 Å². The predicted octanol–water partition coefficient (Wildman–Crippen LogP) is 6.26. The fourth-order valence-electron chi connectivity index (χ4n) is 10.5. The molecule has 0 aromatic carbocycles. The predicted molar refractivity (Wildman–Crippen MR) is 115 cm³/mol. The Bertz CT molecular complexity index is 742. The quantitative estimate of drug-likeness (QED) is 0.311. The second kappa shape index (κ2) is 5.92. The molecular weight excluding hydrogens is 356 g/mol. The molecule has 0 aromatic rings. The summed E-state index contributed by atoms with van der Waals surface area (Å²) >= 11 is 0. The number of hydrogen-bond donors (Lipinski definition) is 0. The van der Waals surface area contributed by atoms with E-state index in [0.717, 1.165) is 48.3 Å². The first-order valence-electron chi connectivity index (χ1n) is 12.7. The van der Waals surface area contributed by atoms with E-state index in [2.05, 4.69) is 39.8 Å². The van der Waals surface area contributed by atoms with E-state index < -0.39 is 0 Å². The monoisotopic (exact) mass is 396 g/mol. The Hall–Kier alpha value is -0.790. The van der Waals surface area contributed by atoms with Gasteiger partial charge in [-0.3, -0.25) is 4.79 Å². The zero-order valence-corrected chi connectivity index (χ0v) is 19.0. The maximum Gasteiger partial charge on any atom is 0.309 e. The van der Waals surface area contributed by atoms with Crippen molar-refractivity contribution in [3.8, 4) is 0 Å². The highest BCUT2D eigenvalue weighted by Gasteiger charge is 2.66. The van der Waals surface area contributed by atoms with E-state index in [-0.39, 0.29) is 17.3 Å². The minimum Gasteiger partial charge on any atom is -0.465 e. The summed E-state index contributed by atoms with van der Waals surface area (Å²) in [6, 6.07) is 0. The van der Waals surface area contributed by atoms with E-state index >= 15 is 0 Å². The van der Waals surface area contributed by atoms with Gasteiger partial charge >= 0.3 is 5.97 Å².